The molecule has 0 bridgehead atoms. The van der Waals surface area contributed by atoms with Crippen LogP contribution in [0.4, 0.5) is 0 Å². The number of H-pyrrole nitrogens is 1. The third-order valence-electron chi connectivity index (χ3n) is 2.00. The van der Waals surface area contributed by atoms with E-state index in [0.717, 1.165) is 6.54 Å². The van der Waals surface area contributed by atoms with Crippen LogP contribution in [0.5, 0.6) is 0 Å². The molecule has 0 radical (unpaired) electrons. The first-order valence-electron chi connectivity index (χ1n) is 4.54. The van der Waals surface area contributed by atoms with Crippen molar-refractivity contribution in [1.82, 2.24) is 4.98 Å². The summed E-state index contributed by atoms with van der Waals surface area (Å²) >= 11 is 0. The molecule has 0 aliphatic heterocycles. The first-order chi connectivity index (χ1) is 5.45. The molecule has 0 spiro atoms. The van der Waals surface area contributed by atoms with Gasteiger partial charge in [-0.15, -0.1) is 0 Å². The van der Waals surface area contributed by atoms with Crippen molar-refractivity contribution in [2.75, 3.05) is 0 Å². The van der Waals surface area contributed by atoms with E-state index in [1.807, 2.05) is 0 Å². The van der Waals surface area contributed by atoms with Gasteiger partial charge in [0.05, 0.1) is 12.0 Å². The molecule has 0 amide bonds. The molecule has 1 aromatic heterocycles. The quantitative estimate of drug-likeness (QED) is 0.617. The Morgan fingerprint density at radius 2 is 2.00 bits per heavy atom. The van der Waals surface area contributed by atoms with Crippen LogP contribution in [-0.2, 0) is 12.0 Å². The zero-order chi connectivity index (χ0) is 9.35. The predicted octanol–water partition coefficient (Wildman–Crippen LogP) is 1.93. The highest BCUT2D eigenvalue weighted by molar-refractivity contribution is 5.00. The molecule has 0 saturated heterocycles. The molecule has 0 fully saturated rings. The molecule has 0 aliphatic carbocycles. The molecule has 0 aliphatic rings. The van der Waals surface area contributed by atoms with Gasteiger partial charge < -0.3 is 0 Å². The van der Waals surface area contributed by atoms with Crippen molar-refractivity contribution >= 4 is 0 Å². The lowest BCUT2D eigenvalue weighted by molar-refractivity contribution is -0.702. The maximum atomic E-state index is 3.40. The highest BCUT2D eigenvalue weighted by Gasteiger charge is 2.26. The zero-order valence-corrected chi connectivity index (χ0v) is 8.73. The fourth-order valence-electron chi connectivity index (χ4n) is 1.46. The summed E-state index contributed by atoms with van der Waals surface area (Å²) in [6.45, 7) is 12.0. The molecule has 1 N–H and O–H groups in total. The first-order valence-corrected chi connectivity index (χ1v) is 4.54. The lowest BCUT2D eigenvalue weighted by Gasteiger charge is -2.12. The smallest absolute Gasteiger partial charge is 0.245 e. The number of imidazole rings is 1. The Balaban J connectivity index is 3.13. The Kier molecular flexibility index (Phi) is 2.27. The third-order valence-corrected chi connectivity index (χ3v) is 2.00. The van der Waals surface area contributed by atoms with E-state index < -0.39 is 0 Å². The van der Waals surface area contributed by atoms with Gasteiger partial charge in [0.25, 0.3) is 5.82 Å². The van der Waals surface area contributed by atoms with Crippen LogP contribution in [0.1, 0.15) is 39.2 Å². The second-order valence-corrected chi connectivity index (χ2v) is 4.32. The van der Waals surface area contributed by atoms with Crippen LogP contribution in [0.25, 0.3) is 0 Å². The number of aryl methyl sites for hydroxylation is 2. The van der Waals surface area contributed by atoms with Gasteiger partial charge in [-0.2, -0.15) is 0 Å². The van der Waals surface area contributed by atoms with Crippen molar-refractivity contribution in [2.45, 2.75) is 46.6 Å². The standard InChI is InChI=1S/C10H18N2/c1-6-12-7-8(2)11-9(12)10(3,4)5/h7H,6H2,1-5H3/p+1. The summed E-state index contributed by atoms with van der Waals surface area (Å²) in [7, 11) is 0. The van der Waals surface area contributed by atoms with Crippen LogP contribution in [0.3, 0.4) is 0 Å². The summed E-state index contributed by atoms with van der Waals surface area (Å²) in [6, 6.07) is 0. The number of aromatic nitrogens is 2. The fourth-order valence-corrected chi connectivity index (χ4v) is 1.46. The molecule has 0 saturated carbocycles. The third kappa shape index (κ3) is 1.68. The Hall–Kier alpha value is -0.790. The highest BCUT2D eigenvalue weighted by Crippen LogP contribution is 2.16. The van der Waals surface area contributed by atoms with Crippen LogP contribution in [0.2, 0.25) is 0 Å². The second kappa shape index (κ2) is 2.92. The lowest BCUT2D eigenvalue weighted by atomic mass is 9.96. The van der Waals surface area contributed by atoms with E-state index in [1.54, 1.807) is 0 Å². The number of hydrogen-bond donors (Lipinski definition) is 1. The monoisotopic (exact) mass is 167 g/mol. The summed E-state index contributed by atoms with van der Waals surface area (Å²) < 4.78 is 2.27. The Morgan fingerprint density at radius 3 is 2.33 bits per heavy atom. The van der Waals surface area contributed by atoms with Crippen molar-refractivity contribution in [1.29, 1.82) is 0 Å². The zero-order valence-electron chi connectivity index (χ0n) is 8.73. The minimum absolute atomic E-state index is 0.213. The summed E-state index contributed by atoms with van der Waals surface area (Å²) in [5.74, 6) is 1.31. The topological polar surface area (TPSA) is 19.7 Å². The fraction of sp³-hybridized carbons (Fsp3) is 0.700. The van der Waals surface area contributed by atoms with E-state index in [0.29, 0.717) is 0 Å². The lowest BCUT2D eigenvalue weighted by Crippen LogP contribution is -2.40. The second-order valence-electron chi connectivity index (χ2n) is 4.32. The van der Waals surface area contributed by atoms with Gasteiger partial charge in [-0.1, -0.05) is 0 Å². The molecule has 1 heterocycles. The van der Waals surface area contributed by atoms with Gasteiger partial charge in [0.1, 0.15) is 11.9 Å². The maximum Gasteiger partial charge on any atom is 0.259 e. The van der Waals surface area contributed by atoms with E-state index in [9.17, 15) is 0 Å². The van der Waals surface area contributed by atoms with Crippen LogP contribution >= 0.6 is 0 Å². The average molecular weight is 167 g/mol. The predicted molar refractivity (Wildman–Crippen MR) is 50.1 cm³/mol. The van der Waals surface area contributed by atoms with E-state index in [1.165, 1.54) is 11.5 Å². The van der Waals surface area contributed by atoms with E-state index in [2.05, 4.69) is 50.4 Å². The average Bonchev–Trinajstić information content (AvgIpc) is 2.29. The maximum absolute atomic E-state index is 3.40. The van der Waals surface area contributed by atoms with Gasteiger partial charge in [0.15, 0.2) is 0 Å². The number of hydrogen-bond acceptors (Lipinski definition) is 0. The first kappa shape index (κ1) is 9.30. The molecule has 0 unspecified atom stereocenters. The molecule has 12 heavy (non-hydrogen) atoms. The normalized spacial score (nSPS) is 12.1. The molecular weight excluding hydrogens is 148 g/mol. The van der Waals surface area contributed by atoms with Crippen molar-refractivity contribution in [3.05, 3.63) is 17.7 Å². The van der Waals surface area contributed by atoms with Crippen LogP contribution < -0.4 is 4.57 Å². The summed E-state index contributed by atoms with van der Waals surface area (Å²) in [5.41, 5.74) is 1.45. The van der Waals surface area contributed by atoms with E-state index >= 15 is 0 Å². The molecule has 2 heteroatoms. The minimum atomic E-state index is 0.213. The van der Waals surface area contributed by atoms with Crippen LogP contribution in [0.15, 0.2) is 6.20 Å². The highest BCUT2D eigenvalue weighted by atomic mass is 15.1. The van der Waals surface area contributed by atoms with E-state index in [4.69, 9.17) is 0 Å². The Bertz CT molecular complexity index is 266. The molecule has 0 atom stereocenters. The molecular formula is C10H19N2+. The number of aromatic amines is 1. The van der Waals surface area contributed by atoms with Crippen molar-refractivity contribution < 1.29 is 4.57 Å². The molecule has 1 aromatic rings. The summed E-state index contributed by atoms with van der Waals surface area (Å²) in [6.07, 6.45) is 2.17. The summed E-state index contributed by atoms with van der Waals surface area (Å²) in [4.78, 5) is 3.40. The van der Waals surface area contributed by atoms with Crippen molar-refractivity contribution in [2.24, 2.45) is 0 Å². The molecule has 0 aromatic carbocycles. The van der Waals surface area contributed by atoms with Crippen LogP contribution in [-0.4, -0.2) is 4.98 Å². The molecule has 2 nitrogen and oxygen atoms in total. The number of nitrogens with one attached hydrogen (secondary N) is 1. The van der Waals surface area contributed by atoms with E-state index in [-0.39, 0.29) is 5.41 Å². The Morgan fingerprint density at radius 1 is 1.42 bits per heavy atom. The SMILES string of the molecule is CC[n+]1cc(C)[nH]c1C(C)(C)C. The molecule has 1 rings (SSSR count). The van der Waals surface area contributed by atoms with Gasteiger partial charge in [-0.05, 0) is 27.7 Å². The van der Waals surface area contributed by atoms with Gasteiger partial charge >= 0.3 is 0 Å². The van der Waals surface area contributed by atoms with Crippen molar-refractivity contribution in [3.63, 3.8) is 0 Å². The van der Waals surface area contributed by atoms with Gasteiger partial charge in [-0.3, -0.25) is 0 Å². The molecule has 68 valence electrons. The van der Waals surface area contributed by atoms with Gasteiger partial charge in [0.2, 0.25) is 0 Å². The Labute approximate surface area is 74.6 Å². The van der Waals surface area contributed by atoms with Gasteiger partial charge in [-0.25, -0.2) is 9.55 Å². The number of nitrogens with zero attached hydrogens (tertiary/aromatic N) is 1. The van der Waals surface area contributed by atoms with Crippen LogP contribution in [0, 0.1) is 6.92 Å². The largest absolute Gasteiger partial charge is 0.259 e. The van der Waals surface area contributed by atoms with Gasteiger partial charge in [0, 0.05) is 6.92 Å². The van der Waals surface area contributed by atoms with Crippen molar-refractivity contribution in [3.8, 4) is 0 Å². The summed E-state index contributed by atoms with van der Waals surface area (Å²) in [5, 5.41) is 0. The number of rotatable bonds is 1. The minimum Gasteiger partial charge on any atom is -0.245 e.